The lowest BCUT2D eigenvalue weighted by Gasteiger charge is -2.11. The number of primary amides is 1. The van der Waals surface area contributed by atoms with Crippen molar-refractivity contribution in [3.63, 3.8) is 0 Å². The first-order valence-electron chi connectivity index (χ1n) is 10.2. The number of hydrogen-bond donors (Lipinski definition) is 2. The number of nitrogens with one attached hydrogen (secondary N) is 1. The lowest BCUT2D eigenvalue weighted by atomic mass is 9.97. The van der Waals surface area contributed by atoms with Gasteiger partial charge in [-0.25, -0.2) is 0 Å². The summed E-state index contributed by atoms with van der Waals surface area (Å²) in [6, 6.07) is 20.6. The smallest absolute Gasteiger partial charge is 0.249 e. The molecule has 3 N–H and O–H groups in total. The summed E-state index contributed by atoms with van der Waals surface area (Å²) in [5.74, 6) is 0.107. The van der Waals surface area contributed by atoms with Crippen LogP contribution >= 0.6 is 0 Å². The number of pyridine rings is 1. The van der Waals surface area contributed by atoms with Gasteiger partial charge < -0.3 is 15.8 Å². The van der Waals surface area contributed by atoms with E-state index < -0.39 is 5.91 Å². The predicted octanol–water partition coefficient (Wildman–Crippen LogP) is 4.58. The van der Waals surface area contributed by atoms with E-state index in [4.69, 9.17) is 10.5 Å². The van der Waals surface area contributed by atoms with E-state index in [9.17, 15) is 9.59 Å². The van der Waals surface area contributed by atoms with Gasteiger partial charge in [-0.3, -0.25) is 14.6 Å². The molecular formula is C26H23N3O3. The van der Waals surface area contributed by atoms with Gasteiger partial charge in [-0.2, -0.15) is 0 Å². The van der Waals surface area contributed by atoms with Gasteiger partial charge in [0, 0.05) is 35.5 Å². The molecule has 0 aliphatic heterocycles. The van der Waals surface area contributed by atoms with E-state index in [-0.39, 0.29) is 5.91 Å². The van der Waals surface area contributed by atoms with Gasteiger partial charge in [-0.15, -0.1) is 0 Å². The van der Waals surface area contributed by atoms with Gasteiger partial charge in [0.05, 0.1) is 7.11 Å². The fourth-order valence-corrected chi connectivity index (χ4v) is 3.60. The number of aromatic nitrogens is 1. The quantitative estimate of drug-likeness (QED) is 0.453. The highest BCUT2D eigenvalue weighted by molar-refractivity contribution is 6.00. The highest BCUT2D eigenvalue weighted by Crippen LogP contribution is 2.28. The Morgan fingerprint density at radius 2 is 1.78 bits per heavy atom. The fraction of sp³-hybridized carbons (Fsp3) is 0.115. The molecule has 0 saturated carbocycles. The topological polar surface area (TPSA) is 94.3 Å². The van der Waals surface area contributed by atoms with Crippen LogP contribution in [-0.4, -0.2) is 23.9 Å². The summed E-state index contributed by atoms with van der Waals surface area (Å²) in [5, 5.41) is 5.01. The molecule has 160 valence electrons. The van der Waals surface area contributed by atoms with E-state index in [1.165, 1.54) is 0 Å². The number of nitrogens with zero attached hydrogens (tertiary/aromatic N) is 1. The van der Waals surface area contributed by atoms with Crippen LogP contribution in [0.1, 0.15) is 22.3 Å². The molecule has 1 heterocycles. The summed E-state index contributed by atoms with van der Waals surface area (Å²) in [6.07, 6.45) is 4.49. The number of benzene rings is 3. The van der Waals surface area contributed by atoms with Crippen molar-refractivity contribution in [3.05, 3.63) is 90.3 Å². The van der Waals surface area contributed by atoms with E-state index in [1.807, 2.05) is 48.5 Å². The minimum Gasteiger partial charge on any atom is -0.497 e. The minimum absolute atomic E-state index is 0.0497. The van der Waals surface area contributed by atoms with Crippen LogP contribution in [0.3, 0.4) is 0 Å². The number of fused-ring (bicyclic) bond motifs is 1. The molecule has 6 heteroatoms. The van der Waals surface area contributed by atoms with Crippen LogP contribution in [0.15, 0.2) is 79.1 Å². The van der Waals surface area contributed by atoms with Crippen molar-refractivity contribution in [2.45, 2.75) is 12.8 Å². The molecule has 0 fully saturated rings. The largest absolute Gasteiger partial charge is 0.497 e. The second-order valence-corrected chi connectivity index (χ2v) is 7.46. The van der Waals surface area contributed by atoms with Crippen molar-refractivity contribution >= 4 is 28.3 Å². The Bertz CT molecular complexity index is 1280. The Morgan fingerprint density at radius 3 is 2.53 bits per heavy atom. The van der Waals surface area contributed by atoms with Crippen molar-refractivity contribution in [1.29, 1.82) is 0 Å². The molecule has 0 aliphatic rings. The molecular weight excluding hydrogens is 402 g/mol. The lowest BCUT2D eigenvalue weighted by Crippen LogP contribution is -2.12. The van der Waals surface area contributed by atoms with Gasteiger partial charge in [-0.05, 0) is 64.9 Å². The number of anilines is 1. The van der Waals surface area contributed by atoms with Crippen molar-refractivity contribution < 1.29 is 14.3 Å². The van der Waals surface area contributed by atoms with E-state index in [0.717, 1.165) is 27.6 Å². The third-order valence-corrected chi connectivity index (χ3v) is 5.32. The molecule has 0 spiro atoms. The van der Waals surface area contributed by atoms with E-state index in [1.54, 1.807) is 37.7 Å². The Balaban J connectivity index is 1.41. The Morgan fingerprint density at radius 1 is 0.969 bits per heavy atom. The molecule has 3 aromatic carbocycles. The number of aryl methyl sites for hydroxylation is 1. The predicted molar refractivity (Wildman–Crippen MR) is 126 cm³/mol. The first kappa shape index (κ1) is 21.1. The number of amides is 2. The minimum atomic E-state index is -0.492. The average Bonchev–Trinajstić information content (AvgIpc) is 2.82. The Kier molecular flexibility index (Phi) is 6.12. The van der Waals surface area contributed by atoms with Gasteiger partial charge in [-0.1, -0.05) is 30.3 Å². The first-order chi connectivity index (χ1) is 15.5. The van der Waals surface area contributed by atoms with E-state index >= 15 is 0 Å². The second-order valence-electron chi connectivity index (χ2n) is 7.46. The van der Waals surface area contributed by atoms with Crippen LogP contribution < -0.4 is 15.8 Å². The SMILES string of the molecule is COc1ccc(C(N)=O)c(-c2ccc(CCC(=O)Nc3ccc4cnccc4c3)cc2)c1. The highest BCUT2D eigenvalue weighted by Gasteiger charge is 2.12. The molecule has 2 amide bonds. The summed E-state index contributed by atoms with van der Waals surface area (Å²) in [4.78, 5) is 28.3. The van der Waals surface area contributed by atoms with Gasteiger partial charge in [0.15, 0.2) is 0 Å². The zero-order valence-electron chi connectivity index (χ0n) is 17.7. The van der Waals surface area contributed by atoms with E-state index in [0.29, 0.717) is 29.7 Å². The zero-order valence-corrected chi connectivity index (χ0v) is 17.7. The molecule has 0 saturated heterocycles. The summed E-state index contributed by atoms with van der Waals surface area (Å²) >= 11 is 0. The lowest BCUT2D eigenvalue weighted by molar-refractivity contribution is -0.116. The number of carbonyl (C=O) groups is 2. The van der Waals surface area contributed by atoms with E-state index in [2.05, 4.69) is 10.3 Å². The maximum Gasteiger partial charge on any atom is 0.249 e. The number of hydrogen-bond acceptors (Lipinski definition) is 4. The van der Waals surface area contributed by atoms with Crippen LogP contribution in [-0.2, 0) is 11.2 Å². The maximum atomic E-state index is 12.4. The highest BCUT2D eigenvalue weighted by atomic mass is 16.5. The number of methoxy groups -OCH3 is 1. The summed E-state index contributed by atoms with van der Waals surface area (Å²) in [7, 11) is 1.58. The molecule has 0 unspecified atom stereocenters. The zero-order chi connectivity index (χ0) is 22.5. The maximum absolute atomic E-state index is 12.4. The molecule has 4 rings (SSSR count). The van der Waals surface area contributed by atoms with Crippen molar-refractivity contribution in [2.75, 3.05) is 12.4 Å². The number of ether oxygens (including phenoxy) is 1. The molecule has 0 bridgehead atoms. The number of rotatable bonds is 7. The van der Waals surface area contributed by atoms with Crippen molar-refractivity contribution in [2.24, 2.45) is 5.73 Å². The van der Waals surface area contributed by atoms with Crippen LogP contribution in [0, 0.1) is 0 Å². The normalized spacial score (nSPS) is 10.7. The molecule has 32 heavy (non-hydrogen) atoms. The molecule has 1 aromatic heterocycles. The third-order valence-electron chi connectivity index (χ3n) is 5.32. The van der Waals surface area contributed by atoms with Gasteiger partial charge in [0.25, 0.3) is 0 Å². The summed E-state index contributed by atoms with van der Waals surface area (Å²) in [5.41, 5.74) is 9.32. The van der Waals surface area contributed by atoms with Crippen LogP contribution in [0.4, 0.5) is 5.69 Å². The monoisotopic (exact) mass is 425 g/mol. The molecule has 6 nitrogen and oxygen atoms in total. The molecule has 4 aromatic rings. The summed E-state index contributed by atoms with van der Waals surface area (Å²) in [6.45, 7) is 0. The van der Waals surface area contributed by atoms with Crippen molar-refractivity contribution in [3.8, 4) is 16.9 Å². The average molecular weight is 425 g/mol. The van der Waals surface area contributed by atoms with Gasteiger partial charge >= 0.3 is 0 Å². The standard InChI is InChI=1S/C26H23N3O3/c1-32-22-9-10-23(26(27)31)24(15-22)18-5-2-17(3-6-18)4-11-25(30)29-21-8-7-20-16-28-13-12-19(20)14-21/h2-3,5-10,12-16H,4,11H2,1H3,(H2,27,31)(H,29,30). The second kappa shape index (κ2) is 9.31. The Labute approximate surface area is 186 Å². The molecule has 0 radical (unpaired) electrons. The fourth-order valence-electron chi connectivity index (χ4n) is 3.60. The third kappa shape index (κ3) is 4.75. The summed E-state index contributed by atoms with van der Waals surface area (Å²) < 4.78 is 5.27. The van der Waals surface area contributed by atoms with Crippen LogP contribution in [0.5, 0.6) is 5.75 Å². The number of carbonyl (C=O) groups excluding carboxylic acids is 2. The van der Waals surface area contributed by atoms with Crippen molar-refractivity contribution in [1.82, 2.24) is 4.98 Å². The van der Waals surface area contributed by atoms with Gasteiger partial charge in [0.1, 0.15) is 5.75 Å². The molecule has 0 aliphatic carbocycles. The number of nitrogens with two attached hydrogens (primary N) is 1. The van der Waals surface area contributed by atoms with Gasteiger partial charge in [0.2, 0.25) is 11.8 Å². The molecule has 0 atom stereocenters. The van der Waals surface area contributed by atoms with Crippen LogP contribution in [0.2, 0.25) is 0 Å². The van der Waals surface area contributed by atoms with Crippen LogP contribution in [0.25, 0.3) is 21.9 Å². The Hall–Kier alpha value is -4.19. The first-order valence-corrected chi connectivity index (χ1v) is 10.2.